The largest absolute Gasteiger partial charge is 0.360 e. The van der Waals surface area contributed by atoms with E-state index in [2.05, 4.69) is 42.2 Å². The van der Waals surface area contributed by atoms with Gasteiger partial charge in [0.1, 0.15) is 0 Å². The molecule has 1 aliphatic heterocycles. The average molecular weight is 283 g/mol. The molecule has 4 nitrogen and oxygen atoms in total. The van der Waals surface area contributed by atoms with Crippen molar-refractivity contribution < 1.29 is 4.52 Å². The van der Waals surface area contributed by atoms with Crippen molar-refractivity contribution in [1.82, 2.24) is 15.4 Å². The van der Waals surface area contributed by atoms with Gasteiger partial charge < -0.3 is 9.84 Å². The van der Waals surface area contributed by atoms with Crippen LogP contribution in [0.5, 0.6) is 0 Å². The standard InChI is InChI=1S/C14H25N3OS/c1-11(2)7-15-8-13-6-14(18-16-13)9-17-4-5-19-10-12(17)3/h6,11-12,15H,4-5,7-10H2,1-3H3. The molecular formula is C14H25N3OS. The predicted molar refractivity (Wildman–Crippen MR) is 80.2 cm³/mol. The summed E-state index contributed by atoms with van der Waals surface area (Å²) in [5.41, 5.74) is 1.01. The van der Waals surface area contributed by atoms with Crippen molar-refractivity contribution in [1.29, 1.82) is 0 Å². The van der Waals surface area contributed by atoms with Crippen LogP contribution in [0, 0.1) is 5.92 Å². The second-order valence-electron chi connectivity index (χ2n) is 5.70. The maximum absolute atomic E-state index is 5.43. The van der Waals surface area contributed by atoms with E-state index < -0.39 is 0 Å². The maximum atomic E-state index is 5.43. The average Bonchev–Trinajstić information content (AvgIpc) is 2.79. The van der Waals surface area contributed by atoms with Gasteiger partial charge in [-0.1, -0.05) is 19.0 Å². The number of aromatic nitrogens is 1. The van der Waals surface area contributed by atoms with E-state index in [0.717, 1.165) is 37.6 Å². The summed E-state index contributed by atoms with van der Waals surface area (Å²) < 4.78 is 5.43. The molecule has 1 fully saturated rings. The van der Waals surface area contributed by atoms with Crippen LogP contribution in [-0.2, 0) is 13.1 Å². The molecule has 0 radical (unpaired) electrons. The summed E-state index contributed by atoms with van der Waals surface area (Å²) in [6.07, 6.45) is 0. The molecule has 5 heteroatoms. The van der Waals surface area contributed by atoms with Gasteiger partial charge in [-0.25, -0.2) is 0 Å². The van der Waals surface area contributed by atoms with E-state index in [9.17, 15) is 0 Å². The Kier molecular flexibility index (Phi) is 5.73. The van der Waals surface area contributed by atoms with Crippen LogP contribution >= 0.6 is 11.8 Å². The molecule has 1 atom stereocenters. The monoisotopic (exact) mass is 283 g/mol. The number of rotatable bonds is 6. The first-order valence-corrected chi connectivity index (χ1v) is 8.27. The zero-order valence-corrected chi connectivity index (χ0v) is 13.0. The topological polar surface area (TPSA) is 41.3 Å². The lowest BCUT2D eigenvalue weighted by Crippen LogP contribution is -2.39. The summed E-state index contributed by atoms with van der Waals surface area (Å²) in [6, 6.07) is 2.72. The van der Waals surface area contributed by atoms with Gasteiger partial charge in [0, 0.05) is 36.7 Å². The molecular weight excluding hydrogens is 258 g/mol. The third-order valence-corrected chi connectivity index (χ3v) is 4.52. The third-order valence-electron chi connectivity index (χ3n) is 3.33. The van der Waals surface area contributed by atoms with E-state index >= 15 is 0 Å². The van der Waals surface area contributed by atoms with Gasteiger partial charge in [0.15, 0.2) is 5.76 Å². The Bertz CT molecular complexity index is 381. The lowest BCUT2D eigenvalue weighted by molar-refractivity contribution is 0.197. The molecule has 19 heavy (non-hydrogen) atoms. The second kappa shape index (κ2) is 7.31. The van der Waals surface area contributed by atoms with E-state index in [-0.39, 0.29) is 0 Å². The molecule has 0 aliphatic carbocycles. The van der Waals surface area contributed by atoms with E-state index in [1.54, 1.807) is 0 Å². The first-order chi connectivity index (χ1) is 9.15. The Morgan fingerprint density at radius 3 is 3.16 bits per heavy atom. The van der Waals surface area contributed by atoms with Gasteiger partial charge in [-0.05, 0) is 19.4 Å². The molecule has 1 unspecified atom stereocenters. The van der Waals surface area contributed by atoms with Crippen LogP contribution in [-0.4, -0.2) is 40.7 Å². The van der Waals surface area contributed by atoms with Crippen molar-refractivity contribution in [2.24, 2.45) is 5.92 Å². The molecule has 0 saturated carbocycles. The maximum Gasteiger partial charge on any atom is 0.151 e. The zero-order chi connectivity index (χ0) is 13.7. The van der Waals surface area contributed by atoms with Gasteiger partial charge in [0.05, 0.1) is 12.2 Å². The summed E-state index contributed by atoms with van der Waals surface area (Å²) in [6.45, 7) is 10.5. The fourth-order valence-electron chi connectivity index (χ4n) is 2.20. The second-order valence-corrected chi connectivity index (χ2v) is 6.85. The van der Waals surface area contributed by atoms with Gasteiger partial charge in [0.25, 0.3) is 0 Å². The van der Waals surface area contributed by atoms with Crippen LogP contribution in [0.1, 0.15) is 32.2 Å². The smallest absolute Gasteiger partial charge is 0.151 e. The van der Waals surface area contributed by atoms with Crippen molar-refractivity contribution in [3.63, 3.8) is 0 Å². The Morgan fingerprint density at radius 1 is 1.58 bits per heavy atom. The highest BCUT2D eigenvalue weighted by Gasteiger charge is 2.20. The molecule has 1 aliphatic rings. The Labute approximate surface area is 120 Å². The summed E-state index contributed by atoms with van der Waals surface area (Å²) in [5, 5.41) is 7.52. The molecule has 0 amide bonds. The van der Waals surface area contributed by atoms with Crippen LogP contribution < -0.4 is 5.32 Å². The number of hydrogen-bond acceptors (Lipinski definition) is 5. The number of thioether (sulfide) groups is 1. The minimum atomic E-state index is 0.631. The van der Waals surface area contributed by atoms with Crippen molar-refractivity contribution in [3.8, 4) is 0 Å². The fraction of sp³-hybridized carbons (Fsp3) is 0.786. The molecule has 2 heterocycles. The van der Waals surface area contributed by atoms with E-state index in [0.29, 0.717) is 12.0 Å². The van der Waals surface area contributed by atoms with Crippen molar-refractivity contribution in [3.05, 3.63) is 17.5 Å². The van der Waals surface area contributed by atoms with E-state index in [4.69, 9.17) is 4.52 Å². The molecule has 108 valence electrons. The van der Waals surface area contributed by atoms with Crippen LogP contribution in [0.2, 0.25) is 0 Å². The first kappa shape index (κ1) is 14.9. The van der Waals surface area contributed by atoms with Gasteiger partial charge in [0.2, 0.25) is 0 Å². The Morgan fingerprint density at radius 2 is 2.42 bits per heavy atom. The zero-order valence-electron chi connectivity index (χ0n) is 12.2. The molecule has 0 spiro atoms. The summed E-state index contributed by atoms with van der Waals surface area (Å²) in [4.78, 5) is 2.47. The van der Waals surface area contributed by atoms with Crippen molar-refractivity contribution in [2.75, 3.05) is 24.6 Å². The molecule has 0 aromatic carbocycles. The summed E-state index contributed by atoms with van der Waals surface area (Å²) in [5.74, 6) is 4.09. The number of hydrogen-bond donors (Lipinski definition) is 1. The molecule has 2 rings (SSSR count). The van der Waals surface area contributed by atoms with Crippen LogP contribution in [0.3, 0.4) is 0 Å². The number of nitrogens with zero attached hydrogens (tertiary/aromatic N) is 2. The summed E-state index contributed by atoms with van der Waals surface area (Å²) >= 11 is 2.04. The van der Waals surface area contributed by atoms with Crippen LogP contribution in [0.15, 0.2) is 10.6 Å². The van der Waals surface area contributed by atoms with Gasteiger partial charge in [-0.15, -0.1) is 0 Å². The molecule has 0 bridgehead atoms. The van der Waals surface area contributed by atoms with Crippen molar-refractivity contribution >= 4 is 11.8 Å². The van der Waals surface area contributed by atoms with E-state index in [1.165, 1.54) is 11.5 Å². The predicted octanol–water partition coefficient (Wildman–Crippen LogP) is 2.36. The highest BCUT2D eigenvalue weighted by atomic mass is 32.2. The minimum absolute atomic E-state index is 0.631. The quantitative estimate of drug-likeness (QED) is 0.868. The Balaban J connectivity index is 1.79. The Hall–Kier alpha value is -0.520. The lowest BCUT2D eigenvalue weighted by atomic mass is 10.2. The van der Waals surface area contributed by atoms with Gasteiger partial charge in [-0.2, -0.15) is 11.8 Å². The summed E-state index contributed by atoms with van der Waals surface area (Å²) in [7, 11) is 0. The van der Waals surface area contributed by atoms with Crippen LogP contribution in [0.4, 0.5) is 0 Å². The molecule has 1 N–H and O–H groups in total. The minimum Gasteiger partial charge on any atom is -0.360 e. The van der Waals surface area contributed by atoms with Crippen molar-refractivity contribution in [2.45, 2.75) is 39.9 Å². The van der Waals surface area contributed by atoms with Gasteiger partial charge >= 0.3 is 0 Å². The molecule has 1 aromatic rings. The first-order valence-electron chi connectivity index (χ1n) is 7.12. The van der Waals surface area contributed by atoms with Gasteiger partial charge in [-0.3, -0.25) is 4.90 Å². The molecule has 1 aromatic heterocycles. The third kappa shape index (κ3) is 4.82. The SMILES string of the molecule is CC(C)CNCc1cc(CN2CCSCC2C)on1. The molecule has 1 saturated heterocycles. The fourth-order valence-corrected chi connectivity index (χ4v) is 3.28. The normalized spacial score (nSPS) is 21.2. The number of nitrogens with one attached hydrogen (secondary N) is 1. The van der Waals surface area contributed by atoms with E-state index in [1.807, 2.05) is 11.8 Å². The highest BCUT2D eigenvalue weighted by Crippen LogP contribution is 2.18. The highest BCUT2D eigenvalue weighted by molar-refractivity contribution is 7.99. The van der Waals surface area contributed by atoms with Crippen LogP contribution in [0.25, 0.3) is 0 Å². The lowest BCUT2D eigenvalue weighted by Gasteiger charge is -2.31.